The van der Waals surface area contributed by atoms with Crippen LogP contribution in [0.25, 0.3) is 0 Å². The van der Waals surface area contributed by atoms with Gasteiger partial charge in [0.25, 0.3) is 0 Å². The van der Waals surface area contributed by atoms with Crippen molar-refractivity contribution in [2.45, 2.75) is 57.6 Å². The number of benzene rings is 1. The molecule has 2 aliphatic heterocycles. The first-order valence-electron chi connectivity index (χ1n) is 8.36. The Balaban J connectivity index is 1.76. The van der Waals surface area contributed by atoms with E-state index in [-0.39, 0.29) is 36.5 Å². The van der Waals surface area contributed by atoms with Gasteiger partial charge in [0.2, 0.25) is 0 Å². The van der Waals surface area contributed by atoms with Gasteiger partial charge in [0, 0.05) is 5.92 Å². The highest BCUT2D eigenvalue weighted by Crippen LogP contribution is 2.57. The summed E-state index contributed by atoms with van der Waals surface area (Å²) >= 11 is 0. The summed E-state index contributed by atoms with van der Waals surface area (Å²) in [6, 6.07) is 9.72. The summed E-state index contributed by atoms with van der Waals surface area (Å²) in [4.78, 5) is 12.7. The van der Waals surface area contributed by atoms with Crippen molar-refractivity contribution in [2.24, 2.45) is 11.8 Å². The molecule has 0 radical (unpaired) electrons. The van der Waals surface area contributed by atoms with Gasteiger partial charge in [0.1, 0.15) is 20.1 Å². The van der Waals surface area contributed by atoms with Crippen LogP contribution in [-0.4, -0.2) is 37.1 Å². The van der Waals surface area contributed by atoms with Gasteiger partial charge in [0.15, 0.2) is 0 Å². The second kappa shape index (κ2) is 5.64. The number of carbonyl (C=O) groups excluding carboxylic acids is 1. The van der Waals surface area contributed by atoms with Crippen LogP contribution in [0.3, 0.4) is 0 Å². The molecule has 2 heterocycles. The first kappa shape index (κ1) is 16.5. The highest BCUT2D eigenvalue weighted by Gasteiger charge is 2.70. The van der Waals surface area contributed by atoms with Crippen LogP contribution in [0.4, 0.5) is 0 Å². The molecule has 5 atom stereocenters. The zero-order chi connectivity index (χ0) is 16.8. The quantitative estimate of drug-likeness (QED) is 0.629. The summed E-state index contributed by atoms with van der Waals surface area (Å²) in [5, 5.41) is 0. The molecular weight excluding hydrogens is 291 g/mol. The van der Waals surface area contributed by atoms with Gasteiger partial charge >= 0.3 is 5.97 Å². The summed E-state index contributed by atoms with van der Waals surface area (Å²) in [7, 11) is 2.01. The van der Waals surface area contributed by atoms with E-state index >= 15 is 0 Å². The maximum absolute atomic E-state index is 12.7. The Morgan fingerprint density at radius 3 is 2.52 bits per heavy atom. The highest BCUT2D eigenvalue weighted by molar-refractivity contribution is 6.11. The number of fused-ring (bicyclic) bond motifs is 2. The molecule has 5 heteroatoms. The first-order valence-corrected chi connectivity index (χ1v) is 8.36. The van der Waals surface area contributed by atoms with E-state index in [0.717, 1.165) is 5.56 Å². The van der Waals surface area contributed by atoms with Crippen LogP contribution in [0.15, 0.2) is 30.3 Å². The molecule has 1 aromatic carbocycles. The van der Waals surface area contributed by atoms with Crippen molar-refractivity contribution in [3.8, 4) is 0 Å². The van der Waals surface area contributed by atoms with Gasteiger partial charge in [0.05, 0.1) is 23.6 Å². The Hall–Kier alpha value is -1.33. The topological polar surface area (TPSA) is 44.8 Å². The normalized spacial score (nSPS) is 35.9. The average Bonchev–Trinajstić information content (AvgIpc) is 2.89. The van der Waals surface area contributed by atoms with Crippen molar-refractivity contribution in [1.82, 2.24) is 0 Å². The van der Waals surface area contributed by atoms with Crippen molar-refractivity contribution in [2.75, 3.05) is 0 Å². The second-order valence-electron chi connectivity index (χ2n) is 7.31. The van der Waals surface area contributed by atoms with Crippen LogP contribution in [-0.2, 0) is 25.6 Å². The molecule has 0 aliphatic carbocycles. The molecular formula is C18H25BO4. The third-order valence-corrected chi connectivity index (χ3v) is 5.61. The van der Waals surface area contributed by atoms with E-state index in [9.17, 15) is 4.79 Å². The Bertz CT molecular complexity index is 588. The monoisotopic (exact) mass is 316 g/mol. The first-order chi connectivity index (χ1) is 10.8. The summed E-state index contributed by atoms with van der Waals surface area (Å²) in [5.41, 5.74) is -0.154. The zero-order valence-electron chi connectivity index (χ0n) is 14.5. The van der Waals surface area contributed by atoms with Gasteiger partial charge in [-0.2, -0.15) is 0 Å². The van der Waals surface area contributed by atoms with Crippen LogP contribution in [0.2, 0.25) is 0 Å². The van der Waals surface area contributed by atoms with E-state index in [1.165, 1.54) is 0 Å². The Labute approximate surface area is 138 Å². The van der Waals surface area contributed by atoms with E-state index in [1.807, 2.05) is 58.9 Å². The molecule has 23 heavy (non-hydrogen) atoms. The van der Waals surface area contributed by atoms with E-state index in [1.54, 1.807) is 0 Å². The lowest BCUT2D eigenvalue weighted by molar-refractivity contribution is -0.228. The van der Waals surface area contributed by atoms with Crippen molar-refractivity contribution in [3.63, 3.8) is 0 Å². The standard InChI is InChI=1S/C18H25BO4/c1-11-14-15(19)23-18(11,17(3,4)22-14)12(2)16(20)21-10-13-8-6-5-7-9-13/h5-9,11-12,14-15H,10,19H2,1-4H3/t11-,12?,14?,15-,18+/m1/s1. The second-order valence-corrected chi connectivity index (χ2v) is 7.31. The smallest absolute Gasteiger partial charge is 0.312 e. The molecule has 0 saturated carbocycles. The van der Waals surface area contributed by atoms with Gasteiger partial charge in [-0.1, -0.05) is 37.3 Å². The molecule has 2 aliphatic rings. The van der Waals surface area contributed by atoms with E-state index < -0.39 is 11.2 Å². The summed E-state index contributed by atoms with van der Waals surface area (Å²) < 4.78 is 18.0. The van der Waals surface area contributed by atoms with Crippen molar-refractivity contribution in [1.29, 1.82) is 0 Å². The fraction of sp³-hybridized carbons (Fsp3) is 0.611. The molecule has 2 saturated heterocycles. The number of esters is 1. The molecule has 0 aromatic heterocycles. The van der Waals surface area contributed by atoms with Gasteiger partial charge < -0.3 is 14.2 Å². The van der Waals surface area contributed by atoms with Gasteiger partial charge in [-0.05, 0) is 26.3 Å². The van der Waals surface area contributed by atoms with Gasteiger partial charge in [-0.25, -0.2) is 0 Å². The van der Waals surface area contributed by atoms with Crippen LogP contribution in [0.5, 0.6) is 0 Å². The van der Waals surface area contributed by atoms with Crippen LogP contribution in [0, 0.1) is 11.8 Å². The molecule has 0 N–H and O–H groups in total. The van der Waals surface area contributed by atoms with Gasteiger partial charge in [-0.15, -0.1) is 0 Å². The molecule has 3 rings (SSSR count). The predicted molar refractivity (Wildman–Crippen MR) is 89.7 cm³/mol. The minimum absolute atomic E-state index is 0.00222. The van der Waals surface area contributed by atoms with E-state index in [2.05, 4.69) is 6.92 Å². The Kier molecular flexibility index (Phi) is 4.05. The fourth-order valence-electron chi connectivity index (χ4n) is 4.50. The van der Waals surface area contributed by atoms with Crippen molar-refractivity contribution < 1.29 is 19.0 Å². The molecule has 0 amide bonds. The van der Waals surface area contributed by atoms with E-state index in [4.69, 9.17) is 14.2 Å². The minimum Gasteiger partial charge on any atom is -0.461 e. The Morgan fingerprint density at radius 1 is 1.30 bits per heavy atom. The molecule has 2 bridgehead atoms. The van der Waals surface area contributed by atoms with Crippen LogP contribution < -0.4 is 0 Å². The molecule has 0 spiro atoms. The van der Waals surface area contributed by atoms with E-state index in [0.29, 0.717) is 0 Å². The summed E-state index contributed by atoms with van der Waals surface area (Å²) in [6.07, 6.45) is 0.0365. The minimum atomic E-state index is -0.634. The van der Waals surface area contributed by atoms with Gasteiger partial charge in [-0.3, -0.25) is 4.79 Å². The van der Waals surface area contributed by atoms with Crippen molar-refractivity contribution >= 4 is 13.8 Å². The van der Waals surface area contributed by atoms with Crippen LogP contribution >= 0.6 is 0 Å². The third-order valence-electron chi connectivity index (χ3n) is 5.61. The Morgan fingerprint density at radius 2 is 1.96 bits per heavy atom. The lowest BCUT2D eigenvalue weighted by atomic mass is 9.70. The molecule has 4 nitrogen and oxygen atoms in total. The molecule has 2 unspecified atom stereocenters. The zero-order valence-corrected chi connectivity index (χ0v) is 14.5. The average molecular weight is 316 g/mol. The lowest BCUT2D eigenvalue weighted by Gasteiger charge is -2.46. The SMILES string of the molecule is B[C@@H]1O[C@]2(C(C)C(=O)OCc3ccccc3)[C@H](C)C1OC2(C)C. The number of hydrogen-bond acceptors (Lipinski definition) is 4. The molecule has 2 fully saturated rings. The number of rotatable bonds is 4. The lowest BCUT2D eigenvalue weighted by Crippen LogP contribution is -2.59. The molecule has 1 aromatic rings. The fourth-order valence-corrected chi connectivity index (χ4v) is 4.50. The summed E-state index contributed by atoms with van der Waals surface area (Å²) in [5.74, 6) is -0.454. The maximum Gasteiger partial charge on any atom is 0.312 e. The third kappa shape index (κ3) is 2.41. The highest BCUT2D eigenvalue weighted by atomic mass is 16.6. The van der Waals surface area contributed by atoms with Crippen molar-refractivity contribution in [3.05, 3.63) is 35.9 Å². The largest absolute Gasteiger partial charge is 0.461 e. The number of carbonyl (C=O) groups is 1. The summed E-state index contributed by atoms with van der Waals surface area (Å²) in [6.45, 7) is 8.32. The van der Waals surface area contributed by atoms with Crippen LogP contribution in [0.1, 0.15) is 33.3 Å². The number of hydrogen-bond donors (Lipinski definition) is 0. The molecule has 124 valence electrons. The maximum atomic E-state index is 12.7. The number of ether oxygens (including phenoxy) is 3. The predicted octanol–water partition coefficient (Wildman–Crippen LogP) is 1.91.